The fraction of sp³-hybridized carbons (Fsp3) is 0.429. The summed E-state index contributed by atoms with van der Waals surface area (Å²) in [7, 11) is -4.13. The molecule has 3 rings (SSSR count). The minimum atomic E-state index is -4.13. The highest BCUT2D eigenvalue weighted by Gasteiger charge is 2.47. The summed E-state index contributed by atoms with van der Waals surface area (Å²) in [5.41, 5.74) is 0.355. The highest BCUT2D eigenvalue weighted by molar-refractivity contribution is 7.92. The SMILES string of the molecule is CCN(CC)C(=O)[C@H]([C@H]1C=C[C@@H](OC(C)C)O[C@@H]1COC(=O)c1ccccc1)S(=O)(=O)c1ccccc1. The molecular weight excluding hydrogens is 494 g/mol. The first-order chi connectivity index (χ1) is 17.7. The van der Waals surface area contributed by atoms with Gasteiger partial charge < -0.3 is 19.1 Å². The summed E-state index contributed by atoms with van der Waals surface area (Å²) in [6.45, 7) is 7.73. The van der Waals surface area contributed by atoms with Crippen LogP contribution >= 0.6 is 0 Å². The maximum absolute atomic E-state index is 13.9. The molecule has 200 valence electrons. The molecular formula is C28H35NO7S. The van der Waals surface area contributed by atoms with Crippen molar-refractivity contribution in [3.8, 4) is 0 Å². The van der Waals surface area contributed by atoms with Crippen molar-refractivity contribution in [2.24, 2.45) is 5.92 Å². The number of sulfone groups is 1. The number of carbonyl (C=O) groups excluding carboxylic acids is 2. The van der Waals surface area contributed by atoms with Gasteiger partial charge in [-0.15, -0.1) is 0 Å². The molecule has 0 N–H and O–H groups in total. The van der Waals surface area contributed by atoms with Crippen LogP contribution in [0.3, 0.4) is 0 Å². The third kappa shape index (κ3) is 7.06. The van der Waals surface area contributed by atoms with Gasteiger partial charge in [-0.25, -0.2) is 13.2 Å². The van der Waals surface area contributed by atoms with Crippen molar-refractivity contribution in [3.05, 3.63) is 78.4 Å². The highest BCUT2D eigenvalue weighted by Crippen LogP contribution is 2.32. The van der Waals surface area contributed by atoms with Crippen LogP contribution in [0.25, 0.3) is 0 Å². The number of nitrogens with zero attached hydrogens (tertiary/aromatic N) is 1. The number of rotatable bonds is 11. The Hall–Kier alpha value is -3.01. The molecule has 1 aliphatic rings. The molecule has 4 atom stereocenters. The Morgan fingerprint density at radius 3 is 2.11 bits per heavy atom. The zero-order valence-corrected chi connectivity index (χ0v) is 22.5. The zero-order chi connectivity index (χ0) is 27.0. The van der Waals surface area contributed by atoms with Crippen LogP contribution in [-0.4, -0.2) is 68.6 Å². The van der Waals surface area contributed by atoms with E-state index in [4.69, 9.17) is 14.2 Å². The Bertz CT molecular complexity index is 1160. The molecule has 0 bridgehead atoms. The Balaban J connectivity index is 2.01. The maximum atomic E-state index is 13.9. The lowest BCUT2D eigenvalue weighted by molar-refractivity contribution is -0.185. The second-order valence-corrected chi connectivity index (χ2v) is 11.0. The van der Waals surface area contributed by atoms with Gasteiger partial charge in [0.2, 0.25) is 5.91 Å². The van der Waals surface area contributed by atoms with Gasteiger partial charge in [0.1, 0.15) is 12.7 Å². The molecule has 1 heterocycles. The van der Waals surface area contributed by atoms with Gasteiger partial charge in [0.25, 0.3) is 0 Å². The summed E-state index contributed by atoms with van der Waals surface area (Å²) in [6, 6.07) is 16.4. The van der Waals surface area contributed by atoms with Gasteiger partial charge in [-0.1, -0.05) is 42.5 Å². The first kappa shape index (κ1) is 28.6. The summed E-state index contributed by atoms with van der Waals surface area (Å²) in [4.78, 5) is 27.9. The molecule has 8 nitrogen and oxygen atoms in total. The summed E-state index contributed by atoms with van der Waals surface area (Å²) in [5, 5.41) is -1.48. The summed E-state index contributed by atoms with van der Waals surface area (Å²) >= 11 is 0. The van der Waals surface area contributed by atoms with E-state index in [2.05, 4.69) is 0 Å². The maximum Gasteiger partial charge on any atom is 0.338 e. The van der Waals surface area contributed by atoms with Crippen LogP contribution in [0.15, 0.2) is 77.7 Å². The summed E-state index contributed by atoms with van der Waals surface area (Å²) in [6.07, 6.45) is 1.37. The van der Waals surface area contributed by atoms with Crippen LogP contribution < -0.4 is 0 Å². The van der Waals surface area contributed by atoms with E-state index in [1.807, 2.05) is 13.8 Å². The van der Waals surface area contributed by atoms with E-state index in [9.17, 15) is 18.0 Å². The van der Waals surface area contributed by atoms with Crippen LogP contribution in [0.5, 0.6) is 0 Å². The summed E-state index contributed by atoms with van der Waals surface area (Å²) < 4.78 is 45.2. The number of amides is 1. The van der Waals surface area contributed by atoms with Crippen molar-refractivity contribution in [2.75, 3.05) is 19.7 Å². The van der Waals surface area contributed by atoms with Crippen molar-refractivity contribution in [3.63, 3.8) is 0 Å². The monoisotopic (exact) mass is 529 g/mol. The number of carbonyl (C=O) groups is 2. The van der Waals surface area contributed by atoms with Crippen LogP contribution in [0.2, 0.25) is 0 Å². The third-order valence-corrected chi connectivity index (χ3v) is 8.21. The molecule has 0 radical (unpaired) electrons. The predicted octanol–water partition coefficient (Wildman–Crippen LogP) is 3.88. The van der Waals surface area contributed by atoms with E-state index in [-0.39, 0.29) is 17.6 Å². The van der Waals surface area contributed by atoms with E-state index in [1.165, 1.54) is 17.0 Å². The first-order valence-electron chi connectivity index (χ1n) is 12.5. The van der Waals surface area contributed by atoms with Gasteiger partial charge in [0.05, 0.1) is 16.6 Å². The normalized spacial score (nSPS) is 20.4. The predicted molar refractivity (Wildman–Crippen MR) is 140 cm³/mol. The van der Waals surface area contributed by atoms with Gasteiger partial charge in [-0.2, -0.15) is 0 Å². The minimum Gasteiger partial charge on any atom is -0.459 e. The molecule has 0 aliphatic carbocycles. The quantitative estimate of drug-likeness (QED) is 0.322. The second kappa shape index (κ2) is 13.0. The van der Waals surface area contributed by atoms with Crippen LogP contribution in [0, 0.1) is 5.92 Å². The molecule has 9 heteroatoms. The largest absolute Gasteiger partial charge is 0.459 e. The number of esters is 1. The van der Waals surface area contributed by atoms with Crippen molar-refractivity contribution < 1.29 is 32.2 Å². The first-order valence-corrected chi connectivity index (χ1v) is 14.0. The second-order valence-electron chi connectivity index (χ2n) is 8.94. The molecule has 2 aromatic rings. The zero-order valence-electron chi connectivity index (χ0n) is 21.6. The average molecular weight is 530 g/mol. The fourth-order valence-electron chi connectivity index (χ4n) is 4.23. The molecule has 0 aromatic heterocycles. The topological polar surface area (TPSA) is 99.2 Å². The highest BCUT2D eigenvalue weighted by atomic mass is 32.2. The molecule has 0 fully saturated rings. The lowest BCUT2D eigenvalue weighted by atomic mass is 9.94. The number of ether oxygens (including phenoxy) is 3. The van der Waals surface area contributed by atoms with Gasteiger partial charge in [-0.05, 0) is 58.0 Å². The number of hydrogen-bond acceptors (Lipinski definition) is 7. The Kier molecular flexibility index (Phi) is 10.0. The minimum absolute atomic E-state index is 0.0366. The van der Waals surface area contributed by atoms with E-state index in [1.54, 1.807) is 74.5 Å². The van der Waals surface area contributed by atoms with E-state index in [0.29, 0.717) is 18.7 Å². The average Bonchev–Trinajstić information content (AvgIpc) is 2.89. The molecule has 37 heavy (non-hydrogen) atoms. The van der Waals surface area contributed by atoms with Crippen LogP contribution in [-0.2, 0) is 28.8 Å². The van der Waals surface area contributed by atoms with E-state index >= 15 is 0 Å². The van der Waals surface area contributed by atoms with Crippen molar-refractivity contribution >= 4 is 21.7 Å². The lowest BCUT2D eigenvalue weighted by Gasteiger charge is -2.37. The van der Waals surface area contributed by atoms with Gasteiger partial charge in [0, 0.05) is 19.0 Å². The summed E-state index contributed by atoms with van der Waals surface area (Å²) in [5.74, 6) is -2.03. The van der Waals surface area contributed by atoms with Gasteiger partial charge in [-0.3, -0.25) is 4.79 Å². The third-order valence-electron chi connectivity index (χ3n) is 6.10. The number of hydrogen-bond donors (Lipinski definition) is 0. The molecule has 0 spiro atoms. The standard InChI is InChI=1S/C28H35NO7S/c1-5-29(6-2)27(30)26(37(32,33)22-15-11-8-12-16-22)23-17-18-25(35-20(3)4)36-24(23)19-34-28(31)21-13-9-7-10-14-21/h7-18,20,23-26H,5-6,19H2,1-4H3/t23-,24+,25-,26-/m0/s1. The number of benzene rings is 2. The van der Waals surface area contributed by atoms with Crippen molar-refractivity contribution in [1.29, 1.82) is 0 Å². The van der Waals surface area contributed by atoms with Crippen LogP contribution in [0.4, 0.5) is 0 Å². The van der Waals surface area contributed by atoms with E-state index < -0.39 is 45.3 Å². The molecule has 0 unspecified atom stereocenters. The Morgan fingerprint density at radius 2 is 1.54 bits per heavy atom. The molecule has 1 amide bonds. The van der Waals surface area contributed by atoms with Crippen molar-refractivity contribution in [1.82, 2.24) is 4.90 Å². The molecule has 0 saturated heterocycles. The van der Waals surface area contributed by atoms with Crippen LogP contribution in [0.1, 0.15) is 38.1 Å². The van der Waals surface area contributed by atoms with Gasteiger partial charge in [0.15, 0.2) is 21.4 Å². The molecule has 0 saturated carbocycles. The smallest absolute Gasteiger partial charge is 0.338 e. The Labute approximate surface area is 219 Å². The van der Waals surface area contributed by atoms with Gasteiger partial charge >= 0.3 is 5.97 Å². The molecule has 2 aromatic carbocycles. The lowest BCUT2D eigenvalue weighted by Crippen LogP contribution is -2.52. The molecule has 1 aliphatic heterocycles. The van der Waals surface area contributed by atoms with E-state index in [0.717, 1.165) is 0 Å². The fourth-order valence-corrected chi connectivity index (χ4v) is 6.16. The Morgan fingerprint density at radius 1 is 0.946 bits per heavy atom. The van der Waals surface area contributed by atoms with Crippen molar-refractivity contribution in [2.45, 2.75) is 56.3 Å².